The predicted molar refractivity (Wildman–Crippen MR) is 75.7 cm³/mol. The van der Waals surface area contributed by atoms with Gasteiger partial charge < -0.3 is 15.2 Å². The van der Waals surface area contributed by atoms with Gasteiger partial charge in [0.15, 0.2) is 11.5 Å². The maximum absolute atomic E-state index is 6.08. The van der Waals surface area contributed by atoms with Gasteiger partial charge in [-0.15, -0.1) is 0 Å². The van der Waals surface area contributed by atoms with Crippen molar-refractivity contribution in [3.8, 4) is 11.5 Å². The highest BCUT2D eigenvalue weighted by Gasteiger charge is 2.16. The van der Waals surface area contributed by atoms with Gasteiger partial charge in [0.25, 0.3) is 0 Å². The molecule has 0 amide bonds. The normalized spacial score (nSPS) is 14.1. The fraction of sp³-hybridized carbons (Fsp3) is 0.571. The Morgan fingerprint density at radius 3 is 2.50 bits per heavy atom. The molecule has 1 aromatic rings. The molecule has 0 aliphatic carbocycles. The Kier molecular flexibility index (Phi) is 5.76. The molecule has 0 fully saturated rings. The van der Waals surface area contributed by atoms with Gasteiger partial charge in [0.1, 0.15) is 0 Å². The van der Waals surface area contributed by atoms with E-state index >= 15 is 0 Å². The van der Waals surface area contributed by atoms with Crippen molar-refractivity contribution >= 4 is 11.6 Å². The highest BCUT2D eigenvalue weighted by Crippen LogP contribution is 2.36. The van der Waals surface area contributed by atoms with Gasteiger partial charge in [0.2, 0.25) is 0 Å². The summed E-state index contributed by atoms with van der Waals surface area (Å²) >= 11 is 6.08. The first-order valence-corrected chi connectivity index (χ1v) is 6.64. The van der Waals surface area contributed by atoms with Gasteiger partial charge in [0.05, 0.1) is 13.2 Å². The van der Waals surface area contributed by atoms with E-state index < -0.39 is 0 Å². The molecule has 0 bridgehead atoms. The van der Waals surface area contributed by atoms with Gasteiger partial charge in [-0.1, -0.05) is 18.5 Å². The molecule has 0 aliphatic rings. The Labute approximate surface area is 114 Å². The molecular formula is C14H22ClNO2. The van der Waals surface area contributed by atoms with Crippen LogP contribution in [0.15, 0.2) is 12.1 Å². The first-order valence-electron chi connectivity index (χ1n) is 6.26. The first kappa shape index (κ1) is 15.1. The fourth-order valence-electron chi connectivity index (χ4n) is 1.69. The van der Waals surface area contributed by atoms with Crippen molar-refractivity contribution in [2.24, 2.45) is 5.73 Å². The van der Waals surface area contributed by atoms with Crippen molar-refractivity contribution in [2.75, 3.05) is 7.11 Å². The molecule has 2 atom stereocenters. The number of nitrogens with two attached hydrogens (primary N) is 1. The lowest BCUT2D eigenvalue weighted by atomic mass is 10.1. The fourth-order valence-corrected chi connectivity index (χ4v) is 1.92. The van der Waals surface area contributed by atoms with Crippen LogP contribution in [0.5, 0.6) is 11.5 Å². The van der Waals surface area contributed by atoms with Crippen LogP contribution in [0.1, 0.15) is 32.8 Å². The number of methoxy groups -OCH3 is 1. The Balaban J connectivity index is 3.15. The van der Waals surface area contributed by atoms with E-state index in [1.165, 1.54) is 0 Å². The molecule has 0 spiro atoms. The van der Waals surface area contributed by atoms with Crippen LogP contribution in [0, 0.1) is 0 Å². The van der Waals surface area contributed by atoms with E-state index in [2.05, 4.69) is 6.92 Å². The summed E-state index contributed by atoms with van der Waals surface area (Å²) in [5, 5.41) is 0.638. The Morgan fingerprint density at radius 1 is 1.33 bits per heavy atom. The maximum atomic E-state index is 6.08. The molecule has 0 saturated heterocycles. The lowest BCUT2D eigenvalue weighted by Crippen LogP contribution is -2.19. The highest BCUT2D eigenvalue weighted by atomic mass is 35.5. The summed E-state index contributed by atoms with van der Waals surface area (Å²) in [6.45, 7) is 6.07. The standard InChI is InChI=1S/C14H22ClNO2/c1-5-10(3)18-14-11(6-9(2)16)7-12(15)8-13(14)17-4/h7-10H,5-6,16H2,1-4H3. The van der Waals surface area contributed by atoms with Gasteiger partial charge in [0, 0.05) is 22.7 Å². The molecular weight excluding hydrogens is 250 g/mol. The van der Waals surface area contributed by atoms with Crippen molar-refractivity contribution in [1.29, 1.82) is 0 Å². The minimum absolute atomic E-state index is 0.0486. The molecule has 0 aromatic heterocycles. The zero-order chi connectivity index (χ0) is 13.7. The molecule has 2 unspecified atom stereocenters. The number of rotatable bonds is 6. The molecule has 0 aliphatic heterocycles. The van der Waals surface area contributed by atoms with Crippen molar-refractivity contribution in [1.82, 2.24) is 0 Å². The summed E-state index contributed by atoms with van der Waals surface area (Å²) in [6.07, 6.45) is 1.78. The minimum Gasteiger partial charge on any atom is -0.493 e. The average Bonchev–Trinajstić information content (AvgIpc) is 2.30. The largest absolute Gasteiger partial charge is 0.493 e. The highest BCUT2D eigenvalue weighted by molar-refractivity contribution is 6.30. The molecule has 0 heterocycles. The van der Waals surface area contributed by atoms with Crippen LogP contribution in [0.4, 0.5) is 0 Å². The monoisotopic (exact) mass is 271 g/mol. The van der Waals surface area contributed by atoms with Crippen LogP contribution in [0.3, 0.4) is 0 Å². The zero-order valence-electron chi connectivity index (χ0n) is 11.5. The quantitative estimate of drug-likeness (QED) is 0.862. The third-order valence-corrected chi connectivity index (χ3v) is 2.97. The SMILES string of the molecule is CCC(C)Oc1c(CC(C)N)cc(Cl)cc1OC. The molecule has 2 N–H and O–H groups in total. The third-order valence-electron chi connectivity index (χ3n) is 2.75. The summed E-state index contributed by atoms with van der Waals surface area (Å²) in [5.41, 5.74) is 6.85. The van der Waals surface area contributed by atoms with E-state index in [0.717, 1.165) is 17.7 Å². The number of halogens is 1. The molecule has 102 valence electrons. The van der Waals surface area contributed by atoms with Gasteiger partial charge >= 0.3 is 0 Å². The van der Waals surface area contributed by atoms with Gasteiger partial charge in [-0.3, -0.25) is 0 Å². The lowest BCUT2D eigenvalue weighted by molar-refractivity contribution is 0.205. The maximum Gasteiger partial charge on any atom is 0.164 e. The van der Waals surface area contributed by atoms with Crippen LogP contribution in [-0.4, -0.2) is 19.3 Å². The minimum atomic E-state index is 0.0486. The van der Waals surface area contributed by atoms with E-state index in [1.54, 1.807) is 13.2 Å². The van der Waals surface area contributed by atoms with E-state index in [9.17, 15) is 0 Å². The summed E-state index contributed by atoms with van der Waals surface area (Å²) in [6, 6.07) is 3.71. The second kappa shape index (κ2) is 6.86. The van der Waals surface area contributed by atoms with Crippen LogP contribution in [0.2, 0.25) is 5.02 Å². The average molecular weight is 272 g/mol. The second-order valence-corrected chi connectivity index (χ2v) is 5.05. The first-order chi connectivity index (χ1) is 8.47. The van der Waals surface area contributed by atoms with Crippen molar-refractivity contribution in [3.05, 3.63) is 22.7 Å². The summed E-state index contributed by atoms with van der Waals surface area (Å²) in [4.78, 5) is 0. The van der Waals surface area contributed by atoms with E-state index in [4.69, 9.17) is 26.8 Å². The van der Waals surface area contributed by atoms with Crippen LogP contribution >= 0.6 is 11.6 Å². The Bertz CT molecular complexity index is 394. The number of hydrogen-bond acceptors (Lipinski definition) is 3. The van der Waals surface area contributed by atoms with Gasteiger partial charge in [-0.25, -0.2) is 0 Å². The topological polar surface area (TPSA) is 44.5 Å². The third kappa shape index (κ3) is 4.07. The van der Waals surface area contributed by atoms with Crippen molar-refractivity contribution < 1.29 is 9.47 Å². The summed E-state index contributed by atoms with van der Waals surface area (Å²) < 4.78 is 11.3. The van der Waals surface area contributed by atoms with Gasteiger partial charge in [-0.2, -0.15) is 0 Å². The zero-order valence-corrected chi connectivity index (χ0v) is 12.3. The van der Waals surface area contributed by atoms with Gasteiger partial charge in [-0.05, 0) is 32.8 Å². The number of ether oxygens (including phenoxy) is 2. The van der Waals surface area contributed by atoms with Crippen LogP contribution in [0.25, 0.3) is 0 Å². The summed E-state index contributed by atoms with van der Waals surface area (Å²) in [7, 11) is 1.62. The van der Waals surface area contributed by atoms with Crippen LogP contribution < -0.4 is 15.2 Å². The molecule has 1 rings (SSSR count). The lowest BCUT2D eigenvalue weighted by Gasteiger charge is -2.20. The molecule has 4 heteroatoms. The predicted octanol–water partition coefficient (Wildman–Crippen LogP) is 3.42. The molecule has 18 heavy (non-hydrogen) atoms. The number of hydrogen-bond donors (Lipinski definition) is 1. The molecule has 0 saturated carbocycles. The summed E-state index contributed by atoms with van der Waals surface area (Å²) in [5.74, 6) is 1.42. The van der Waals surface area contributed by atoms with Crippen LogP contribution in [-0.2, 0) is 6.42 Å². The molecule has 3 nitrogen and oxygen atoms in total. The van der Waals surface area contributed by atoms with E-state index in [0.29, 0.717) is 17.2 Å². The Hall–Kier alpha value is -0.930. The van der Waals surface area contributed by atoms with E-state index in [-0.39, 0.29) is 12.1 Å². The second-order valence-electron chi connectivity index (χ2n) is 4.61. The number of benzene rings is 1. The van der Waals surface area contributed by atoms with E-state index in [1.807, 2.05) is 19.9 Å². The van der Waals surface area contributed by atoms with Crippen molar-refractivity contribution in [2.45, 2.75) is 45.8 Å². The van der Waals surface area contributed by atoms with Crippen molar-refractivity contribution in [3.63, 3.8) is 0 Å². The molecule has 1 aromatic carbocycles. The smallest absolute Gasteiger partial charge is 0.164 e. The molecule has 0 radical (unpaired) electrons. The Morgan fingerprint density at radius 2 is 2.00 bits per heavy atom.